The van der Waals surface area contributed by atoms with Gasteiger partial charge in [-0.25, -0.2) is 0 Å². The summed E-state index contributed by atoms with van der Waals surface area (Å²) in [6.07, 6.45) is 4.05. The first-order valence-electron chi connectivity index (χ1n) is 7.56. The van der Waals surface area contributed by atoms with Gasteiger partial charge in [0, 0.05) is 0 Å². The number of hydrogen-bond donors (Lipinski definition) is 1. The second-order valence-electron chi connectivity index (χ2n) is 5.75. The molecule has 1 aliphatic rings. The standard InChI is InChI=1S/C18H23N/c1-2-19-13-17-11-10-15(17)12-16-8-5-7-14-6-3-4-9-18(14)16/h3-9,15,17,19H,2,10-13H2,1H3. The lowest BCUT2D eigenvalue weighted by Gasteiger charge is -2.37. The molecule has 2 aromatic rings. The fourth-order valence-corrected chi connectivity index (χ4v) is 3.26. The van der Waals surface area contributed by atoms with Crippen LogP contribution < -0.4 is 5.32 Å². The molecule has 1 aliphatic carbocycles. The van der Waals surface area contributed by atoms with E-state index in [1.807, 2.05) is 0 Å². The summed E-state index contributed by atoms with van der Waals surface area (Å²) in [7, 11) is 0. The zero-order chi connectivity index (χ0) is 13.1. The Morgan fingerprint density at radius 3 is 2.58 bits per heavy atom. The third kappa shape index (κ3) is 2.66. The molecule has 2 aromatic carbocycles. The zero-order valence-electron chi connectivity index (χ0n) is 11.7. The molecule has 1 nitrogen and oxygen atoms in total. The van der Waals surface area contributed by atoms with Crippen LogP contribution >= 0.6 is 0 Å². The Balaban J connectivity index is 1.75. The lowest BCUT2D eigenvalue weighted by molar-refractivity contribution is 0.172. The van der Waals surface area contributed by atoms with Gasteiger partial charge in [0.15, 0.2) is 0 Å². The van der Waals surface area contributed by atoms with Crippen molar-refractivity contribution in [3.63, 3.8) is 0 Å². The molecule has 0 aromatic heterocycles. The van der Waals surface area contributed by atoms with Gasteiger partial charge >= 0.3 is 0 Å². The zero-order valence-corrected chi connectivity index (χ0v) is 11.7. The summed E-state index contributed by atoms with van der Waals surface area (Å²) in [5, 5.41) is 6.32. The topological polar surface area (TPSA) is 12.0 Å². The van der Waals surface area contributed by atoms with E-state index >= 15 is 0 Å². The first kappa shape index (κ1) is 12.7. The summed E-state index contributed by atoms with van der Waals surface area (Å²) in [5.74, 6) is 1.77. The Bertz CT molecular complexity index is 541. The van der Waals surface area contributed by atoms with E-state index in [9.17, 15) is 0 Å². The molecule has 0 heterocycles. The molecule has 2 atom stereocenters. The molecule has 0 spiro atoms. The van der Waals surface area contributed by atoms with Gasteiger partial charge < -0.3 is 5.32 Å². The van der Waals surface area contributed by atoms with Crippen LogP contribution in [0.5, 0.6) is 0 Å². The van der Waals surface area contributed by atoms with Crippen LogP contribution in [0.15, 0.2) is 42.5 Å². The molecule has 100 valence electrons. The highest BCUT2D eigenvalue weighted by Gasteiger charge is 2.30. The summed E-state index contributed by atoms with van der Waals surface area (Å²) in [4.78, 5) is 0. The quantitative estimate of drug-likeness (QED) is 0.848. The predicted molar refractivity (Wildman–Crippen MR) is 82.4 cm³/mol. The van der Waals surface area contributed by atoms with Crippen molar-refractivity contribution in [3.8, 4) is 0 Å². The van der Waals surface area contributed by atoms with E-state index in [0.717, 1.165) is 18.4 Å². The number of fused-ring (bicyclic) bond motifs is 1. The van der Waals surface area contributed by atoms with Crippen LogP contribution in [-0.4, -0.2) is 13.1 Å². The second kappa shape index (κ2) is 5.75. The fourth-order valence-electron chi connectivity index (χ4n) is 3.26. The van der Waals surface area contributed by atoms with Gasteiger partial charge in [0.05, 0.1) is 0 Å². The molecular formula is C18H23N. The van der Waals surface area contributed by atoms with E-state index in [1.165, 1.54) is 42.1 Å². The van der Waals surface area contributed by atoms with Gasteiger partial charge in [-0.1, -0.05) is 49.4 Å². The molecule has 19 heavy (non-hydrogen) atoms. The largest absolute Gasteiger partial charge is 0.317 e. The Hall–Kier alpha value is -1.34. The van der Waals surface area contributed by atoms with Crippen LogP contribution in [0.2, 0.25) is 0 Å². The minimum atomic E-state index is 0.879. The molecule has 1 N–H and O–H groups in total. The number of nitrogens with one attached hydrogen (secondary N) is 1. The predicted octanol–water partition coefficient (Wildman–Crippen LogP) is 4.02. The van der Waals surface area contributed by atoms with Gasteiger partial charge in [0.2, 0.25) is 0 Å². The Morgan fingerprint density at radius 1 is 1.00 bits per heavy atom. The highest BCUT2D eigenvalue weighted by molar-refractivity contribution is 5.85. The fraction of sp³-hybridized carbons (Fsp3) is 0.444. The van der Waals surface area contributed by atoms with Crippen molar-refractivity contribution < 1.29 is 0 Å². The molecule has 1 heteroatoms. The van der Waals surface area contributed by atoms with E-state index in [4.69, 9.17) is 0 Å². The number of benzene rings is 2. The van der Waals surface area contributed by atoms with Gasteiger partial charge in [-0.2, -0.15) is 0 Å². The van der Waals surface area contributed by atoms with Gasteiger partial charge in [-0.15, -0.1) is 0 Å². The summed E-state index contributed by atoms with van der Waals surface area (Å²) in [6, 6.07) is 15.5. The summed E-state index contributed by atoms with van der Waals surface area (Å²) < 4.78 is 0. The van der Waals surface area contributed by atoms with Crippen LogP contribution in [0.3, 0.4) is 0 Å². The summed E-state index contributed by atoms with van der Waals surface area (Å²) in [5.41, 5.74) is 1.53. The van der Waals surface area contributed by atoms with Gasteiger partial charge in [0.1, 0.15) is 0 Å². The minimum absolute atomic E-state index is 0.879. The van der Waals surface area contributed by atoms with Crippen LogP contribution in [0.25, 0.3) is 10.8 Å². The SMILES string of the molecule is CCNCC1CCC1Cc1cccc2ccccc12. The van der Waals surface area contributed by atoms with Gasteiger partial charge in [-0.3, -0.25) is 0 Å². The first-order chi connectivity index (χ1) is 9.38. The van der Waals surface area contributed by atoms with Crippen molar-refractivity contribution in [1.29, 1.82) is 0 Å². The van der Waals surface area contributed by atoms with Crippen molar-refractivity contribution in [1.82, 2.24) is 5.32 Å². The Kier molecular flexibility index (Phi) is 3.84. The molecule has 1 saturated carbocycles. The third-order valence-electron chi connectivity index (χ3n) is 4.59. The number of rotatable bonds is 5. The maximum atomic E-state index is 3.50. The van der Waals surface area contributed by atoms with E-state index in [1.54, 1.807) is 0 Å². The van der Waals surface area contributed by atoms with Gasteiger partial charge in [-0.05, 0) is 60.5 Å². The van der Waals surface area contributed by atoms with Crippen molar-refractivity contribution in [2.45, 2.75) is 26.2 Å². The average molecular weight is 253 g/mol. The average Bonchev–Trinajstić information content (AvgIpc) is 2.44. The smallest absolute Gasteiger partial charge is 0.00179 e. The first-order valence-corrected chi connectivity index (χ1v) is 7.56. The molecular weight excluding hydrogens is 230 g/mol. The van der Waals surface area contributed by atoms with Crippen LogP contribution in [0, 0.1) is 11.8 Å². The minimum Gasteiger partial charge on any atom is -0.317 e. The lowest BCUT2D eigenvalue weighted by Crippen LogP contribution is -2.36. The second-order valence-corrected chi connectivity index (χ2v) is 5.75. The lowest BCUT2D eigenvalue weighted by atomic mass is 9.70. The third-order valence-corrected chi connectivity index (χ3v) is 4.59. The van der Waals surface area contributed by atoms with Crippen LogP contribution in [0.4, 0.5) is 0 Å². The van der Waals surface area contributed by atoms with Crippen molar-refractivity contribution in [3.05, 3.63) is 48.0 Å². The molecule has 0 amide bonds. The van der Waals surface area contributed by atoms with Crippen LogP contribution in [-0.2, 0) is 6.42 Å². The number of hydrogen-bond acceptors (Lipinski definition) is 1. The van der Waals surface area contributed by atoms with E-state index in [-0.39, 0.29) is 0 Å². The monoisotopic (exact) mass is 253 g/mol. The van der Waals surface area contributed by atoms with Crippen molar-refractivity contribution in [2.75, 3.05) is 13.1 Å². The van der Waals surface area contributed by atoms with E-state index < -0.39 is 0 Å². The maximum absolute atomic E-state index is 3.50. The summed E-state index contributed by atoms with van der Waals surface area (Å²) in [6.45, 7) is 4.49. The molecule has 0 aliphatic heterocycles. The Labute approximate surface area is 116 Å². The van der Waals surface area contributed by atoms with E-state index in [2.05, 4.69) is 54.7 Å². The van der Waals surface area contributed by atoms with E-state index in [0.29, 0.717) is 0 Å². The molecule has 3 rings (SSSR count). The molecule has 0 saturated heterocycles. The van der Waals surface area contributed by atoms with Crippen LogP contribution in [0.1, 0.15) is 25.3 Å². The molecule has 0 radical (unpaired) electrons. The highest BCUT2D eigenvalue weighted by Crippen LogP contribution is 2.37. The molecule has 1 fully saturated rings. The maximum Gasteiger partial charge on any atom is -0.00179 e. The van der Waals surface area contributed by atoms with Gasteiger partial charge in [0.25, 0.3) is 0 Å². The Morgan fingerprint density at radius 2 is 1.79 bits per heavy atom. The highest BCUT2D eigenvalue weighted by atomic mass is 14.9. The molecule has 2 unspecified atom stereocenters. The van der Waals surface area contributed by atoms with Crippen molar-refractivity contribution in [2.24, 2.45) is 11.8 Å². The summed E-state index contributed by atoms with van der Waals surface area (Å²) >= 11 is 0. The van der Waals surface area contributed by atoms with Crippen molar-refractivity contribution >= 4 is 10.8 Å². The molecule has 0 bridgehead atoms. The normalized spacial score (nSPS) is 22.4.